The van der Waals surface area contributed by atoms with Gasteiger partial charge in [0.15, 0.2) is 6.61 Å². The SMILES string of the molecule is O=C(OCC(=O)N1N=C(c2cccs2)CC1c1cccs1)c1cccc2cnccc12. The summed E-state index contributed by atoms with van der Waals surface area (Å²) in [6.45, 7) is -0.372. The van der Waals surface area contributed by atoms with Crippen LogP contribution in [0.1, 0.15) is 32.6 Å². The van der Waals surface area contributed by atoms with Gasteiger partial charge in [-0.1, -0.05) is 24.3 Å². The van der Waals surface area contributed by atoms with Crippen molar-refractivity contribution in [3.63, 3.8) is 0 Å². The van der Waals surface area contributed by atoms with Gasteiger partial charge in [0.2, 0.25) is 0 Å². The molecule has 1 amide bonds. The second kappa shape index (κ2) is 8.41. The second-order valence-electron chi connectivity index (χ2n) is 6.98. The van der Waals surface area contributed by atoms with Crippen molar-refractivity contribution in [3.05, 3.63) is 87.0 Å². The Bertz CT molecular complexity index is 1260. The smallest absolute Gasteiger partial charge is 0.339 e. The maximum absolute atomic E-state index is 13.0. The van der Waals surface area contributed by atoms with Crippen molar-refractivity contribution < 1.29 is 14.3 Å². The Morgan fingerprint density at radius 1 is 1.06 bits per heavy atom. The van der Waals surface area contributed by atoms with Gasteiger partial charge in [-0.2, -0.15) is 5.10 Å². The van der Waals surface area contributed by atoms with Gasteiger partial charge in [-0.25, -0.2) is 9.80 Å². The fourth-order valence-electron chi connectivity index (χ4n) is 3.61. The monoisotopic (exact) mass is 447 g/mol. The highest BCUT2D eigenvalue weighted by Crippen LogP contribution is 2.36. The predicted molar refractivity (Wildman–Crippen MR) is 121 cm³/mol. The highest BCUT2D eigenvalue weighted by Gasteiger charge is 2.34. The van der Waals surface area contributed by atoms with Gasteiger partial charge in [0.25, 0.3) is 5.91 Å². The molecule has 1 aliphatic rings. The second-order valence-corrected chi connectivity index (χ2v) is 8.90. The summed E-state index contributed by atoms with van der Waals surface area (Å²) in [7, 11) is 0. The molecule has 5 rings (SSSR count). The molecule has 8 heteroatoms. The predicted octanol–water partition coefficient (Wildman–Crippen LogP) is 4.89. The number of nitrogens with zero attached hydrogens (tertiary/aromatic N) is 3. The number of carbonyl (C=O) groups is 2. The zero-order valence-corrected chi connectivity index (χ0v) is 17.9. The van der Waals surface area contributed by atoms with Gasteiger partial charge in [-0.3, -0.25) is 9.78 Å². The number of esters is 1. The summed E-state index contributed by atoms with van der Waals surface area (Å²) in [5.74, 6) is -0.889. The van der Waals surface area contributed by atoms with Crippen LogP contribution in [0.4, 0.5) is 0 Å². The third-order valence-electron chi connectivity index (χ3n) is 5.07. The first-order chi connectivity index (χ1) is 15.2. The van der Waals surface area contributed by atoms with Crippen LogP contribution in [-0.4, -0.2) is 34.2 Å². The first kappa shape index (κ1) is 19.6. The number of benzene rings is 1. The van der Waals surface area contributed by atoms with Gasteiger partial charge in [0.05, 0.1) is 22.2 Å². The molecule has 0 N–H and O–H groups in total. The Hall–Kier alpha value is -3.36. The first-order valence-corrected chi connectivity index (χ1v) is 11.4. The summed E-state index contributed by atoms with van der Waals surface area (Å²) in [6.07, 6.45) is 3.95. The summed E-state index contributed by atoms with van der Waals surface area (Å²) >= 11 is 3.18. The minimum absolute atomic E-state index is 0.188. The Morgan fingerprint density at radius 2 is 1.94 bits per heavy atom. The van der Waals surface area contributed by atoms with Crippen molar-refractivity contribution >= 4 is 51.0 Å². The molecule has 1 aromatic carbocycles. The summed E-state index contributed by atoms with van der Waals surface area (Å²) in [5.41, 5.74) is 1.28. The van der Waals surface area contributed by atoms with Crippen molar-refractivity contribution in [2.75, 3.05) is 6.61 Å². The fraction of sp³-hybridized carbons (Fsp3) is 0.130. The maximum atomic E-state index is 13.0. The number of hydrogen-bond acceptors (Lipinski definition) is 7. The van der Waals surface area contributed by atoms with E-state index in [4.69, 9.17) is 4.74 Å². The molecule has 1 aliphatic heterocycles. The minimum atomic E-state index is -0.542. The third-order valence-corrected chi connectivity index (χ3v) is 6.96. The number of carbonyl (C=O) groups excluding carboxylic acids is 2. The molecule has 1 atom stereocenters. The topological polar surface area (TPSA) is 71.9 Å². The van der Waals surface area contributed by atoms with E-state index in [1.807, 2.05) is 41.1 Å². The lowest BCUT2D eigenvalue weighted by Gasteiger charge is -2.20. The lowest BCUT2D eigenvalue weighted by molar-refractivity contribution is -0.136. The van der Waals surface area contributed by atoms with Gasteiger partial charge in [0.1, 0.15) is 0 Å². The van der Waals surface area contributed by atoms with E-state index < -0.39 is 5.97 Å². The van der Waals surface area contributed by atoms with Crippen LogP contribution < -0.4 is 0 Å². The van der Waals surface area contributed by atoms with Gasteiger partial charge < -0.3 is 4.74 Å². The molecule has 0 radical (unpaired) electrons. The molecule has 4 aromatic rings. The van der Waals surface area contributed by atoms with E-state index in [1.165, 1.54) is 5.01 Å². The molecule has 4 heterocycles. The zero-order valence-electron chi connectivity index (χ0n) is 16.3. The highest BCUT2D eigenvalue weighted by molar-refractivity contribution is 7.12. The van der Waals surface area contributed by atoms with Crippen LogP contribution in [0.5, 0.6) is 0 Å². The third kappa shape index (κ3) is 3.87. The number of fused-ring (bicyclic) bond motifs is 1. The Morgan fingerprint density at radius 3 is 2.74 bits per heavy atom. The zero-order chi connectivity index (χ0) is 21.2. The van der Waals surface area contributed by atoms with E-state index in [0.717, 1.165) is 26.2 Å². The number of ether oxygens (including phenoxy) is 1. The van der Waals surface area contributed by atoms with Crippen molar-refractivity contribution in [1.82, 2.24) is 9.99 Å². The van der Waals surface area contributed by atoms with E-state index in [1.54, 1.807) is 53.3 Å². The largest absolute Gasteiger partial charge is 0.452 e. The molecule has 31 heavy (non-hydrogen) atoms. The van der Waals surface area contributed by atoms with E-state index in [0.29, 0.717) is 12.0 Å². The number of aromatic nitrogens is 1. The Labute approximate surface area is 186 Å². The summed E-state index contributed by atoms with van der Waals surface area (Å²) in [6, 6.07) is 14.8. The molecule has 3 aromatic heterocycles. The number of hydrazone groups is 1. The van der Waals surface area contributed by atoms with Crippen molar-refractivity contribution in [3.8, 4) is 0 Å². The van der Waals surface area contributed by atoms with Crippen molar-refractivity contribution in [1.29, 1.82) is 0 Å². The molecular weight excluding hydrogens is 430 g/mol. The quantitative estimate of drug-likeness (QED) is 0.408. The van der Waals surface area contributed by atoms with E-state index in [9.17, 15) is 9.59 Å². The standard InChI is InChI=1S/C23H17N3O3S2/c27-22(14-29-23(28)17-5-1-4-15-13-24-9-8-16(15)17)26-19(21-7-3-11-31-21)12-18(25-26)20-6-2-10-30-20/h1-11,13,19H,12,14H2. The number of amides is 1. The van der Waals surface area contributed by atoms with Crippen LogP contribution in [0.3, 0.4) is 0 Å². The van der Waals surface area contributed by atoms with Crippen LogP contribution in [0.15, 0.2) is 76.8 Å². The molecule has 1 unspecified atom stereocenters. The molecule has 0 spiro atoms. The Kier molecular flexibility index (Phi) is 5.31. The number of pyridine rings is 1. The average Bonchev–Trinajstić information content (AvgIpc) is 3.57. The van der Waals surface area contributed by atoms with Crippen LogP contribution >= 0.6 is 22.7 Å². The number of rotatable bonds is 5. The molecule has 0 aliphatic carbocycles. The van der Waals surface area contributed by atoms with Crippen molar-refractivity contribution in [2.45, 2.75) is 12.5 Å². The number of hydrogen-bond donors (Lipinski definition) is 0. The van der Waals surface area contributed by atoms with E-state index in [2.05, 4.69) is 10.1 Å². The van der Waals surface area contributed by atoms with Gasteiger partial charge in [-0.05, 0) is 40.4 Å². The van der Waals surface area contributed by atoms with Crippen LogP contribution in [-0.2, 0) is 9.53 Å². The molecule has 0 saturated heterocycles. The Balaban J connectivity index is 1.35. The van der Waals surface area contributed by atoms with Crippen LogP contribution in [0.2, 0.25) is 0 Å². The molecular formula is C23H17N3O3S2. The number of thiophene rings is 2. The van der Waals surface area contributed by atoms with Gasteiger partial charge >= 0.3 is 5.97 Å². The lowest BCUT2D eigenvalue weighted by atomic mass is 10.1. The highest BCUT2D eigenvalue weighted by atomic mass is 32.1. The lowest BCUT2D eigenvalue weighted by Crippen LogP contribution is -2.31. The average molecular weight is 448 g/mol. The van der Waals surface area contributed by atoms with Gasteiger partial charge in [-0.15, -0.1) is 22.7 Å². The maximum Gasteiger partial charge on any atom is 0.339 e. The molecule has 154 valence electrons. The van der Waals surface area contributed by atoms with E-state index >= 15 is 0 Å². The van der Waals surface area contributed by atoms with Crippen molar-refractivity contribution in [2.24, 2.45) is 5.10 Å². The van der Waals surface area contributed by atoms with Crippen LogP contribution in [0.25, 0.3) is 10.8 Å². The van der Waals surface area contributed by atoms with Crippen LogP contribution in [0, 0.1) is 0 Å². The van der Waals surface area contributed by atoms with Gasteiger partial charge in [0, 0.05) is 29.1 Å². The minimum Gasteiger partial charge on any atom is -0.452 e. The van der Waals surface area contributed by atoms with E-state index in [-0.39, 0.29) is 18.6 Å². The summed E-state index contributed by atoms with van der Waals surface area (Å²) in [4.78, 5) is 31.9. The first-order valence-electron chi connectivity index (χ1n) is 9.67. The molecule has 0 saturated carbocycles. The summed E-state index contributed by atoms with van der Waals surface area (Å²) < 4.78 is 5.39. The normalized spacial score (nSPS) is 15.8. The molecule has 0 bridgehead atoms. The fourth-order valence-corrected chi connectivity index (χ4v) is 5.14. The molecule has 6 nitrogen and oxygen atoms in total. The summed E-state index contributed by atoms with van der Waals surface area (Å²) in [5, 5.41) is 11.6. The molecule has 0 fully saturated rings.